The lowest BCUT2D eigenvalue weighted by atomic mass is 9.49. The van der Waals surface area contributed by atoms with Crippen LogP contribution in [-0.2, 0) is 4.79 Å². The monoisotopic (exact) mass is 221 g/mol. The van der Waals surface area contributed by atoms with E-state index >= 15 is 0 Å². The van der Waals surface area contributed by atoms with Crippen molar-refractivity contribution in [2.24, 2.45) is 23.2 Å². The van der Waals surface area contributed by atoms with Crippen LogP contribution in [0.3, 0.4) is 0 Å². The largest absolute Gasteiger partial charge is 0.349 e. The van der Waals surface area contributed by atoms with Crippen LogP contribution < -0.4 is 0 Å². The highest BCUT2D eigenvalue weighted by molar-refractivity contribution is 5.76. The van der Waals surface area contributed by atoms with Crippen molar-refractivity contribution in [3.05, 3.63) is 0 Å². The van der Waals surface area contributed by atoms with Crippen molar-refractivity contribution in [2.45, 2.75) is 44.9 Å². The predicted octanol–water partition coefficient (Wildman–Crippen LogP) is 2.68. The Morgan fingerprint density at radius 2 is 1.50 bits per heavy atom. The highest BCUT2D eigenvalue weighted by Gasteiger charge is 2.51. The minimum absolute atomic E-state index is 0.349. The molecule has 0 aliphatic heterocycles. The maximum atomic E-state index is 12.0. The van der Waals surface area contributed by atoms with E-state index in [4.69, 9.17) is 0 Å². The topological polar surface area (TPSA) is 20.3 Å². The van der Waals surface area contributed by atoms with Gasteiger partial charge in [0, 0.05) is 20.5 Å². The SMILES string of the molecule is CN(C)C(=O)CC12CC3CC(CC(C3)C1)C2. The third-order valence-electron chi connectivity index (χ3n) is 5.19. The maximum absolute atomic E-state index is 12.0. The molecule has 0 aromatic rings. The minimum Gasteiger partial charge on any atom is -0.349 e. The van der Waals surface area contributed by atoms with Gasteiger partial charge in [-0.25, -0.2) is 0 Å². The van der Waals surface area contributed by atoms with E-state index in [0.717, 1.165) is 24.2 Å². The minimum atomic E-state index is 0.349. The van der Waals surface area contributed by atoms with Crippen LogP contribution in [0.15, 0.2) is 0 Å². The molecule has 4 aliphatic carbocycles. The van der Waals surface area contributed by atoms with Gasteiger partial charge in [0.25, 0.3) is 0 Å². The highest BCUT2D eigenvalue weighted by atomic mass is 16.2. The Bertz CT molecular complexity index is 273. The van der Waals surface area contributed by atoms with Crippen LogP contribution in [0, 0.1) is 23.2 Å². The van der Waals surface area contributed by atoms with E-state index in [1.54, 1.807) is 4.90 Å². The molecule has 16 heavy (non-hydrogen) atoms. The van der Waals surface area contributed by atoms with E-state index < -0.39 is 0 Å². The molecule has 4 saturated carbocycles. The summed E-state index contributed by atoms with van der Waals surface area (Å²) in [5.74, 6) is 3.23. The predicted molar refractivity (Wildman–Crippen MR) is 63.9 cm³/mol. The van der Waals surface area contributed by atoms with Crippen molar-refractivity contribution in [2.75, 3.05) is 14.1 Å². The van der Waals surface area contributed by atoms with Gasteiger partial charge in [0.05, 0.1) is 0 Å². The summed E-state index contributed by atoms with van der Waals surface area (Å²) in [6.07, 6.45) is 9.26. The lowest BCUT2D eigenvalue weighted by molar-refractivity contribution is -0.137. The fourth-order valence-corrected chi connectivity index (χ4v) is 4.99. The van der Waals surface area contributed by atoms with Gasteiger partial charge >= 0.3 is 0 Å². The number of nitrogens with zero attached hydrogens (tertiary/aromatic N) is 1. The van der Waals surface area contributed by atoms with Crippen molar-refractivity contribution in [3.8, 4) is 0 Å². The molecule has 0 aromatic carbocycles. The number of hydrogen-bond acceptors (Lipinski definition) is 1. The first-order valence-electron chi connectivity index (χ1n) is 6.76. The van der Waals surface area contributed by atoms with Crippen molar-refractivity contribution in [1.82, 2.24) is 4.90 Å². The molecule has 90 valence electrons. The zero-order chi connectivity index (χ0) is 11.3. The average Bonchev–Trinajstić information content (AvgIpc) is 2.13. The smallest absolute Gasteiger partial charge is 0.222 e. The summed E-state index contributed by atoms with van der Waals surface area (Å²) in [6, 6.07) is 0. The Hall–Kier alpha value is -0.530. The molecule has 0 heterocycles. The second kappa shape index (κ2) is 3.48. The van der Waals surface area contributed by atoms with Gasteiger partial charge in [-0.2, -0.15) is 0 Å². The van der Waals surface area contributed by atoms with Gasteiger partial charge in [-0.05, 0) is 61.7 Å². The van der Waals surface area contributed by atoms with Crippen molar-refractivity contribution >= 4 is 5.91 Å². The Balaban J connectivity index is 1.76. The molecule has 4 bridgehead atoms. The number of carbonyl (C=O) groups excluding carboxylic acids is 1. The average molecular weight is 221 g/mol. The van der Waals surface area contributed by atoms with Gasteiger partial charge in [-0.1, -0.05) is 0 Å². The van der Waals surface area contributed by atoms with Crippen LogP contribution in [0.1, 0.15) is 44.9 Å². The second-order valence-corrected chi connectivity index (χ2v) is 6.88. The molecule has 0 saturated heterocycles. The number of amides is 1. The molecule has 2 heteroatoms. The lowest BCUT2D eigenvalue weighted by Crippen LogP contribution is -2.47. The molecule has 1 amide bonds. The Morgan fingerprint density at radius 1 is 1.06 bits per heavy atom. The van der Waals surface area contributed by atoms with Gasteiger partial charge in [0.15, 0.2) is 0 Å². The molecule has 0 spiro atoms. The van der Waals surface area contributed by atoms with E-state index in [-0.39, 0.29) is 0 Å². The first-order chi connectivity index (χ1) is 7.56. The summed E-state index contributed by atoms with van der Waals surface area (Å²) < 4.78 is 0. The third kappa shape index (κ3) is 1.66. The van der Waals surface area contributed by atoms with Gasteiger partial charge in [0.1, 0.15) is 0 Å². The molecule has 2 nitrogen and oxygen atoms in total. The van der Waals surface area contributed by atoms with Gasteiger partial charge in [-0.3, -0.25) is 4.79 Å². The number of hydrogen-bond donors (Lipinski definition) is 0. The Morgan fingerprint density at radius 3 is 1.88 bits per heavy atom. The van der Waals surface area contributed by atoms with E-state index in [9.17, 15) is 4.79 Å². The van der Waals surface area contributed by atoms with Crippen LogP contribution in [0.2, 0.25) is 0 Å². The van der Waals surface area contributed by atoms with Crippen LogP contribution in [0.5, 0.6) is 0 Å². The molecule has 0 N–H and O–H groups in total. The zero-order valence-corrected chi connectivity index (χ0v) is 10.5. The third-order valence-corrected chi connectivity index (χ3v) is 5.19. The number of carbonyl (C=O) groups is 1. The zero-order valence-electron chi connectivity index (χ0n) is 10.5. The van der Waals surface area contributed by atoms with Crippen LogP contribution >= 0.6 is 0 Å². The maximum Gasteiger partial charge on any atom is 0.222 e. The summed E-state index contributed by atoms with van der Waals surface area (Å²) in [7, 11) is 3.78. The molecule has 0 atom stereocenters. The van der Waals surface area contributed by atoms with Gasteiger partial charge in [-0.15, -0.1) is 0 Å². The normalized spacial score (nSPS) is 44.8. The molecule has 4 rings (SSSR count). The second-order valence-electron chi connectivity index (χ2n) is 6.88. The highest BCUT2D eigenvalue weighted by Crippen LogP contribution is 2.61. The van der Waals surface area contributed by atoms with Crippen LogP contribution in [0.4, 0.5) is 0 Å². The fraction of sp³-hybridized carbons (Fsp3) is 0.929. The van der Waals surface area contributed by atoms with E-state index in [0.29, 0.717) is 11.3 Å². The lowest BCUT2D eigenvalue weighted by Gasteiger charge is -2.56. The fourth-order valence-electron chi connectivity index (χ4n) is 4.99. The summed E-state index contributed by atoms with van der Waals surface area (Å²) in [5.41, 5.74) is 0.413. The molecular formula is C14H23NO. The van der Waals surface area contributed by atoms with Crippen molar-refractivity contribution in [3.63, 3.8) is 0 Å². The van der Waals surface area contributed by atoms with E-state index in [1.165, 1.54) is 38.5 Å². The van der Waals surface area contributed by atoms with Crippen LogP contribution in [0.25, 0.3) is 0 Å². The Kier molecular flexibility index (Phi) is 2.31. The summed E-state index contributed by atoms with van der Waals surface area (Å²) in [6.45, 7) is 0. The first kappa shape index (κ1) is 10.6. The molecule has 0 unspecified atom stereocenters. The molecule has 0 aromatic heterocycles. The number of rotatable bonds is 2. The summed E-state index contributed by atoms with van der Waals surface area (Å²) >= 11 is 0. The van der Waals surface area contributed by atoms with Crippen molar-refractivity contribution < 1.29 is 4.79 Å². The molecule has 0 radical (unpaired) electrons. The molecule has 4 fully saturated rings. The van der Waals surface area contributed by atoms with Gasteiger partial charge < -0.3 is 4.90 Å². The van der Waals surface area contributed by atoms with Crippen LogP contribution in [-0.4, -0.2) is 24.9 Å². The van der Waals surface area contributed by atoms with E-state index in [1.807, 2.05) is 14.1 Å². The standard InChI is InChI=1S/C14H23NO/c1-15(2)13(16)9-14-6-10-3-11(7-14)5-12(4-10)8-14/h10-12H,3-9H2,1-2H3. The molecular weight excluding hydrogens is 198 g/mol. The van der Waals surface area contributed by atoms with E-state index in [2.05, 4.69) is 0 Å². The first-order valence-corrected chi connectivity index (χ1v) is 6.76. The summed E-state index contributed by atoms with van der Waals surface area (Å²) in [4.78, 5) is 13.7. The van der Waals surface area contributed by atoms with Gasteiger partial charge in [0.2, 0.25) is 5.91 Å². The quantitative estimate of drug-likeness (QED) is 0.702. The molecule has 4 aliphatic rings. The Labute approximate surface area is 98.4 Å². The summed E-state index contributed by atoms with van der Waals surface area (Å²) in [5, 5.41) is 0. The van der Waals surface area contributed by atoms with Crippen molar-refractivity contribution in [1.29, 1.82) is 0 Å².